The van der Waals surface area contributed by atoms with Crippen molar-refractivity contribution in [2.45, 2.75) is 27.2 Å². The van der Waals surface area contributed by atoms with Crippen LogP contribution < -0.4 is 11.3 Å². The van der Waals surface area contributed by atoms with Gasteiger partial charge in [0, 0.05) is 24.3 Å². The number of likely N-dealkylation sites (tertiary alicyclic amines) is 1. The Kier molecular flexibility index (Phi) is 4.10. The molecule has 19 heavy (non-hydrogen) atoms. The zero-order valence-electron chi connectivity index (χ0n) is 11.9. The number of nitrogens with one attached hydrogen (secondary N) is 1. The van der Waals surface area contributed by atoms with Gasteiger partial charge in [-0.1, -0.05) is 13.8 Å². The number of nitrogens with zero attached hydrogens (tertiary/aromatic N) is 1. The van der Waals surface area contributed by atoms with Gasteiger partial charge in [-0.25, -0.2) is 0 Å². The van der Waals surface area contributed by atoms with Crippen LogP contribution in [0.5, 0.6) is 0 Å². The molecular weight excluding hydrogens is 238 g/mol. The van der Waals surface area contributed by atoms with Crippen molar-refractivity contribution < 1.29 is 4.79 Å². The van der Waals surface area contributed by atoms with E-state index in [1.54, 1.807) is 0 Å². The van der Waals surface area contributed by atoms with Gasteiger partial charge in [0.2, 0.25) is 0 Å². The van der Waals surface area contributed by atoms with E-state index >= 15 is 0 Å². The molecule has 0 saturated carbocycles. The van der Waals surface area contributed by atoms with Crippen LogP contribution in [0, 0.1) is 18.8 Å². The first-order valence-electron chi connectivity index (χ1n) is 6.87. The van der Waals surface area contributed by atoms with Crippen molar-refractivity contribution in [2.24, 2.45) is 17.7 Å². The van der Waals surface area contributed by atoms with Crippen LogP contribution in [0.1, 0.15) is 36.2 Å². The maximum atomic E-state index is 12.6. The number of hydrazine groups is 1. The Labute approximate surface area is 114 Å². The molecule has 2 rings (SSSR count). The molecule has 0 bridgehead atoms. The first-order chi connectivity index (χ1) is 9.01. The van der Waals surface area contributed by atoms with E-state index in [1.165, 1.54) is 6.42 Å². The number of carbonyl (C=O) groups is 1. The summed E-state index contributed by atoms with van der Waals surface area (Å²) in [6.07, 6.45) is 1.21. The van der Waals surface area contributed by atoms with E-state index in [9.17, 15) is 4.79 Å². The molecule has 1 aliphatic rings. The van der Waals surface area contributed by atoms with Crippen LogP contribution in [0.2, 0.25) is 0 Å². The van der Waals surface area contributed by atoms with Crippen LogP contribution in [0.15, 0.2) is 18.2 Å². The second-order valence-corrected chi connectivity index (χ2v) is 5.83. The Morgan fingerprint density at radius 1 is 1.32 bits per heavy atom. The first-order valence-corrected chi connectivity index (χ1v) is 6.87. The number of nitrogens with two attached hydrogens (primary N) is 1. The van der Waals surface area contributed by atoms with Gasteiger partial charge in [0.1, 0.15) is 0 Å². The van der Waals surface area contributed by atoms with E-state index in [0.29, 0.717) is 11.8 Å². The van der Waals surface area contributed by atoms with E-state index in [1.807, 2.05) is 30.0 Å². The van der Waals surface area contributed by atoms with Gasteiger partial charge in [-0.2, -0.15) is 0 Å². The summed E-state index contributed by atoms with van der Waals surface area (Å²) in [4.78, 5) is 14.6. The summed E-state index contributed by atoms with van der Waals surface area (Å²) < 4.78 is 0. The molecule has 3 N–H and O–H groups in total. The first kappa shape index (κ1) is 13.9. The number of aryl methyl sites for hydroxylation is 1. The fraction of sp³-hybridized carbons (Fsp3) is 0.533. The average Bonchev–Trinajstić information content (AvgIpc) is 2.36. The smallest absolute Gasteiger partial charge is 0.254 e. The number of benzene rings is 1. The number of anilines is 1. The second kappa shape index (κ2) is 5.61. The SMILES string of the molecule is Cc1cc(NN)ccc1C(=O)N1CC(C)CC(C)C1. The summed E-state index contributed by atoms with van der Waals surface area (Å²) in [5.74, 6) is 6.68. The minimum absolute atomic E-state index is 0.138. The topological polar surface area (TPSA) is 58.4 Å². The lowest BCUT2D eigenvalue weighted by Gasteiger charge is -2.35. The highest BCUT2D eigenvalue weighted by atomic mass is 16.2. The van der Waals surface area contributed by atoms with Gasteiger partial charge >= 0.3 is 0 Å². The molecule has 1 aliphatic heterocycles. The van der Waals surface area contributed by atoms with E-state index in [4.69, 9.17) is 5.84 Å². The molecule has 0 aromatic heterocycles. The minimum atomic E-state index is 0.138. The van der Waals surface area contributed by atoms with Crippen molar-refractivity contribution >= 4 is 11.6 Å². The molecule has 0 aliphatic carbocycles. The lowest BCUT2D eigenvalue weighted by molar-refractivity contribution is 0.0622. The molecule has 2 atom stereocenters. The number of carbonyl (C=O) groups excluding carboxylic acids is 1. The van der Waals surface area contributed by atoms with Crippen LogP contribution in [-0.2, 0) is 0 Å². The molecular formula is C15H23N3O. The predicted octanol–water partition coefficient (Wildman–Crippen LogP) is 2.40. The van der Waals surface area contributed by atoms with Crippen molar-refractivity contribution in [1.82, 2.24) is 4.90 Å². The lowest BCUT2D eigenvalue weighted by atomic mass is 9.91. The standard InChI is InChI=1S/C15H23N3O/c1-10-6-11(2)9-18(8-10)15(19)14-5-4-13(17-16)7-12(14)3/h4-5,7,10-11,17H,6,8-9,16H2,1-3H3. The maximum Gasteiger partial charge on any atom is 0.254 e. The van der Waals surface area contributed by atoms with E-state index in [-0.39, 0.29) is 5.91 Å². The monoisotopic (exact) mass is 261 g/mol. The van der Waals surface area contributed by atoms with Crippen molar-refractivity contribution in [3.8, 4) is 0 Å². The Bertz CT molecular complexity index is 462. The maximum absolute atomic E-state index is 12.6. The third-order valence-corrected chi connectivity index (χ3v) is 3.78. The molecule has 1 aromatic rings. The second-order valence-electron chi connectivity index (χ2n) is 5.83. The molecule has 2 unspecified atom stereocenters. The van der Waals surface area contributed by atoms with E-state index in [2.05, 4.69) is 19.3 Å². The number of hydrogen-bond donors (Lipinski definition) is 2. The molecule has 104 valence electrons. The third kappa shape index (κ3) is 3.07. The molecule has 1 amide bonds. The van der Waals surface area contributed by atoms with Crippen LogP contribution in [-0.4, -0.2) is 23.9 Å². The fourth-order valence-electron chi connectivity index (χ4n) is 2.99. The van der Waals surface area contributed by atoms with Gasteiger partial charge < -0.3 is 10.3 Å². The summed E-state index contributed by atoms with van der Waals surface area (Å²) in [6, 6.07) is 5.61. The number of rotatable bonds is 2. The van der Waals surface area contributed by atoms with Gasteiger partial charge in [0.05, 0.1) is 0 Å². The normalized spacial score (nSPS) is 23.3. The summed E-state index contributed by atoms with van der Waals surface area (Å²) in [5, 5.41) is 0. The van der Waals surface area contributed by atoms with Crippen molar-refractivity contribution in [3.63, 3.8) is 0 Å². The van der Waals surface area contributed by atoms with Gasteiger partial charge in [-0.3, -0.25) is 10.6 Å². The molecule has 1 aromatic carbocycles. The predicted molar refractivity (Wildman–Crippen MR) is 77.8 cm³/mol. The Hall–Kier alpha value is -1.55. The minimum Gasteiger partial charge on any atom is -0.338 e. The molecule has 4 heteroatoms. The van der Waals surface area contributed by atoms with Gasteiger partial charge in [-0.05, 0) is 48.9 Å². The van der Waals surface area contributed by atoms with Gasteiger partial charge in [0.25, 0.3) is 5.91 Å². The zero-order chi connectivity index (χ0) is 14.0. The van der Waals surface area contributed by atoms with Crippen LogP contribution >= 0.6 is 0 Å². The van der Waals surface area contributed by atoms with Crippen molar-refractivity contribution in [3.05, 3.63) is 29.3 Å². The van der Waals surface area contributed by atoms with E-state index in [0.717, 1.165) is 29.9 Å². The number of nitrogen functional groups attached to an aromatic ring is 1. The lowest BCUT2D eigenvalue weighted by Crippen LogP contribution is -2.42. The molecule has 0 spiro atoms. The van der Waals surface area contributed by atoms with E-state index < -0.39 is 0 Å². The van der Waals surface area contributed by atoms with Crippen LogP contribution in [0.3, 0.4) is 0 Å². The summed E-state index contributed by atoms with van der Waals surface area (Å²) >= 11 is 0. The Morgan fingerprint density at radius 3 is 2.47 bits per heavy atom. The van der Waals surface area contributed by atoms with Gasteiger partial charge in [0.15, 0.2) is 0 Å². The summed E-state index contributed by atoms with van der Waals surface area (Å²) in [7, 11) is 0. The molecule has 0 radical (unpaired) electrons. The molecule has 1 saturated heterocycles. The Balaban J connectivity index is 2.19. The third-order valence-electron chi connectivity index (χ3n) is 3.78. The highest BCUT2D eigenvalue weighted by Gasteiger charge is 2.26. The molecule has 1 fully saturated rings. The van der Waals surface area contributed by atoms with Gasteiger partial charge in [-0.15, -0.1) is 0 Å². The molecule has 4 nitrogen and oxygen atoms in total. The van der Waals surface area contributed by atoms with Crippen molar-refractivity contribution in [1.29, 1.82) is 0 Å². The van der Waals surface area contributed by atoms with Crippen LogP contribution in [0.4, 0.5) is 5.69 Å². The number of amides is 1. The van der Waals surface area contributed by atoms with Crippen LogP contribution in [0.25, 0.3) is 0 Å². The fourth-order valence-corrected chi connectivity index (χ4v) is 2.99. The highest BCUT2D eigenvalue weighted by molar-refractivity contribution is 5.96. The average molecular weight is 261 g/mol. The highest BCUT2D eigenvalue weighted by Crippen LogP contribution is 2.24. The molecule has 1 heterocycles. The summed E-state index contributed by atoms with van der Waals surface area (Å²) in [6.45, 7) is 8.10. The largest absolute Gasteiger partial charge is 0.338 e. The quantitative estimate of drug-likeness (QED) is 0.635. The zero-order valence-corrected chi connectivity index (χ0v) is 11.9. The number of piperidine rings is 1. The Morgan fingerprint density at radius 2 is 1.95 bits per heavy atom. The van der Waals surface area contributed by atoms with Crippen molar-refractivity contribution in [2.75, 3.05) is 18.5 Å². The number of hydrogen-bond acceptors (Lipinski definition) is 3. The summed E-state index contributed by atoms with van der Waals surface area (Å²) in [5.41, 5.74) is 5.17.